The van der Waals surface area contributed by atoms with Crippen molar-refractivity contribution in [3.8, 4) is 0 Å². The van der Waals surface area contributed by atoms with Crippen LogP contribution in [0.5, 0.6) is 0 Å². The SMILES string of the molecule is CNc1nc(NC)c(N)cc1N. The summed E-state index contributed by atoms with van der Waals surface area (Å²) in [7, 11) is 3.52. The van der Waals surface area contributed by atoms with Gasteiger partial charge in [0.15, 0.2) is 11.6 Å². The number of hydrogen-bond donors (Lipinski definition) is 4. The van der Waals surface area contributed by atoms with E-state index in [1.165, 1.54) is 0 Å². The second-order valence-corrected chi connectivity index (χ2v) is 2.36. The number of nitrogen functional groups attached to an aromatic ring is 2. The van der Waals surface area contributed by atoms with Crippen molar-refractivity contribution < 1.29 is 0 Å². The summed E-state index contributed by atoms with van der Waals surface area (Å²) in [5.41, 5.74) is 12.3. The van der Waals surface area contributed by atoms with Crippen molar-refractivity contribution in [2.75, 3.05) is 36.2 Å². The summed E-state index contributed by atoms with van der Waals surface area (Å²) in [6.45, 7) is 0. The number of nitrogens with one attached hydrogen (secondary N) is 2. The van der Waals surface area contributed by atoms with Crippen molar-refractivity contribution in [1.29, 1.82) is 0 Å². The van der Waals surface area contributed by atoms with E-state index in [0.29, 0.717) is 23.0 Å². The topological polar surface area (TPSA) is 89.0 Å². The number of pyridine rings is 1. The van der Waals surface area contributed by atoms with Crippen LogP contribution >= 0.6 is 0 Å². The number of nitrogens with zero attached hydrogens (tertiary/aromatic N) is 1. The number of aromatic nitrogens is 1. The molecule has 0 aliphatic rings. The van der Waals surface area contributed by atoms with Crippen LogP contribution in [-0.4, -0.2) is 19.1 Å². The standard InChI is InChI=1S/C7H13N5/c1-10-6-4(8)3-5(9)7(11-2)12-6/h3H,8-9H2,1-2H3,(H2,10,11,12). The van der Waals surface area contributed by atoms with E-state index < -0.39 is 0 Å². The Kier molecular flexibility index (Phi) is 2.23. The molecule has 0 saturated heterocycles. The zero-order chi connectivity index (χ0) is 9.14. The lowest BCUT2D eigenvalue weighted by molar-refractivity contribution is 1.27. The third-order valence-electron chi connectivity index (χ3n) is 1.56. The van der Waals surface area contributed by atoms with Gasteiger partial charge < -0.3 is 22.1 Å². The zero-order valence-electron chi connectivity index (χ0n) is 7.18. The largest absolute Gasteiger partial charge is 0.396 e. The van der Waals surface area contributed by atoms with Crippen molar-refractivity contribution >= 4 is 23.0 Å². The van der Waals surface area contributed by atoms with Crippen molar-refractivity contribution in [3.05, 3.63) is 6.07 Å². The maximum atomic E-state index is 5.62. The zero-order valence-corrected chi connectivity index (χ0v) is 7.18. The van der Waals surface area contributed by atoms with Crippen LogP contribution in [-0.2, 0) is 0 Å². The normalized spacial score (nSPS) is 9.50. The van der Waals surface area contributed by atoms with Crippen LogP contribution in [0.1, 0.15) is 0 Å². The Hall–Kier alpha value is -1.65. The highest BCUT2D eigenvalue weighted by atomic mass is 15.1. The number of anilines is 4. The molecule has 0 saturated carbocycles. The molecule has 66 valence electrons. The van der Waals surface area contributed by atoms with Crippen LogP contribution in [0.2, 0.25) is 0 Å². The summed E-state index contributed by atoms with van der Waals surface area (Å²) in [4.78, 5) is 4.14. The van der Waals surface area contributed by atoms with Crippen LogP contribution in [0.25, 0.3) is 0 Å². The molecule has 12 heavy (non-hydrogen) atoms. The minimum absolute atomic E-state index is 0.550. The molecule has 0 amide bonds. The Morgan fingerprint density at radius 1 is 1.08 bits per heavy atom. The molecule has 1 heterocycles. The van der Waals surface area contributed by atoms with E-state index in [4.69, 9.17) is 11.5 Å². The minimum atomic E-state index is 0.550. The van der Waals surface area contributed by atoms with Gasteiger partial charge in [0, 0.05) is 14.1 Å². The fraction of sp³-hybridized carbons (Fsp3) is 0.286. The second kappa shape index (κ2) is 3.17. The van der Waals surface area contributed by atoms with Gasteiger partial charge in [-0.2, -0.15) is 0 Å². The summed E-state index contributed by atoms with van der Waals surface area (Å²) in [5, 5.41) is 5.73. The maximum absolute atomic E-state index is 5.62. The average molecular weight is 167 g/mol. The molecule has 0 fully saturated rings. The highest BCUT2D eigenvalue weighted by molar-refractivity contribution is 5.74. The van der Waals surface area contributed by atoms with Gasteiger partial charge >= 0.3 is 0 Å². The molecule has 1 rings (SSSR count). The molecule has 0 spiro atoms. The van der Waals surface area contributed by atoms with Gasteiger partial charge in [0.25, 0.3) is 0 Å². The molecule has 0 aliphatic heterocycles. The first-order chi connectivity index (χ1) is 5.69. The van der Waals surface area contributed by atoms with Gasteiger partial charge in [-0.15, -0.1) is 0 Å². The van der Waals surface area contributed by atoms with Crippen LogP contribution in [0.3, 0.4) is 0 Å². The first-order valence-electron chi connectivity index (χ1n) is 3.60. The first-order valence-corrected chi connectivity index (χ1v) is 3.60. The molecular formula is C7H13N5. The van der Waals surface area contributed by atoms with Crippen molar-refractivity contribution in [1.82, 2.24) is 4.98 Å². The number of rotatable bonds is 2. The molecule has 0 radical (unpaired) electrons. The summed E-state index contributed by atoms with van der Waals surface area (Å²) in [6.07, 6.45) is 0. The number of nitrogens with two attached hydrogens (primary N) is 2. The molecule has 5 nitrogen and oxygen atoms in total. The molecular weight excluding hydrogens is 154 g/mol. The fourth-order valence-electron chi connectivity index (χ4n) is 0.946. The van der Waals surface area contributed by atoms with E-state index in [0.717, 1.165) is 0 Å². The Labute approximate surface area is 71.2 Å². The molecule has 0 unspecified atom stereocenters. The van der Waals surface area contributed by atoms with Crippen LogP contribution in [0, 0.1) is 0 Å². The second-order valence-electron chi connectivity index (χ2n) is 2.36. The van der Waals surface area contributed by atoms with E-state index in [9.17, 15) is 0 Å². The molecule has 0 aliphatic carbocycles. The van der Waals surface area contributed by atoms with Gasteiger partial charge in [-0.1, -0.05) is 0 Å². The van der Waals surface area contributed by atoms with Crippen LogP contribution in [0.15, 0.2) is 6.07 Å². The van der Waals surface area contributed by atoms with Gasteiger partial charge in [0.1, 0.15) is 0 Å². The van der Waals surface area contributed by atoms with E-state index >= 15 is 0 Å². The molecule has 5 heteroatoms. The summed E-state index contributed by atoms with van der Waals surface area (Å²) in [6, 6.07) is 1.67. The molecule has 1 aromatic rings. The van der Waals surface area contributed by atoms with Crippen LogP contribution < -0.4 is 22.1 Å². The van der Waals surface area contributed by atoms with Gasteiger partial charge in [0.2, 0.25) is 0 Å². The van der Waals surface area contributed by atoms with Gasteiger partial charge in [-0.25, -0.2) is 4.98 Å². The quantitative estimate of drug-likeness (QED) is 0.509. The Morgan fingerprint density at radius 2 is 1.50 bits per heavy atom. The molecule has 1 aromatic heterocycles. The predicted octanol–water partition coefficient (Wildman–Crippen LogP) is 0.329. The van der Waals surface area contributed by atoms with E-state index in [-0.39, 0.29) is 0 Å². The monoisotopic (exact) mass is 167 g/mol. The Morgan fingerprint density at radius 3 is 1.83 bits per heavy atom. The van der Waals surface area contributed by atoms with E-state index in [1.54, 1.807) is 20.2 Å². The number of hydrogen-bond acceptors (Lipinski definition) is 5. The molecule has 0 bridgehead atoms. The molecule has 6 N–H and O–H groups in total. The van der Waals surface area contributed by atoms with E-state index in [2.05, 4.69) is 15.6 Å². The lowest BCUT2D eigenvalue weighted by Crippen LogP contribution is -2.05. The third-order valence-corrected chi connectivity index (χ3v) is 1.56. The average Bonchev–Trinajstić information content (AvgIpc) is 2.05. The predicted molar refractivity (Wildman–Crippen MR) is 52.2 cm³/mol. The fourth-order valence-corrected chi connectivity index (χ4v) is 0.946. The molecule has 0 aromatic carbocycles. The Balaban J connectivity index is 3.18. The molecule has 0 atom stereocenters. The van der Waals surface area contributed by atoms with Gasteiger partial charge in [-0.05, 0) is 6.07 Å². The lowest BCUT2D eigenvalue weighted by Gasteiger charge is -2.08. The van der Waals surface area contributed by atoms with Crippen molar-refractivity contribution in [2.45, 2.75) is 0 Å². The highest BCUT2D eigenvalue weighted by Gasteiger charge is 2.03. The van der Waals surface area contributed by atoms with Crippen molar-refractivity contribution in [2.24, 2.45) is 0 Å². The lowest BCUT2D eigenvalue weighted by atomic mass is 10.3. The maximum Gasteiger partial charge on any atom is 0.151 e. The first kappa shape index (κ1) is 8.45. The van der Waals surface area contributed by atoms with Crippen LogP contribution in [0.4, 0.5) is 23.0 Å². The highest BCUT2D eigenvalue weighted by Crippen LogP contribution is 2.24. The summed E-state index contributed by atoms with van der Waals surface area (Å²) >= 11 is 0. The third kappa shape index (κ3) is 1.34. The summed E-state index contributed by atoms with van der Waals surface area (Å²) in [5.74, 6) is 1.27. The van der Waals surface area contributed by atoms with Gasteiger partial charge in [-0.3, -0.25) is 0 Å². The summed E-state index contributed by atoms with van der Waals surface area (Å²) < 4.78 is 0. The smallest absolute Gasteiger partial charge is 0.151 e. The minimum Gasteiger partial charge on any atom is -0.396 e. The van der Waals surface area contributed by atoms with Crippen molar-refractivity contribution in [3.63, 3.8) is 0 Å². The van der Waals surface area contributed by atoms with Gasteiger partial charge in [0.05, 0.1) is 11.4 Å². The Bertz CT molecular complexity index is 258. The van der Waals surface area contributed by atoms with E-state index in [1.807, 2.05) is 0 Å².